The van der Waals surface area contributed by atoms with Crippen molar-refractivity contribution in [3.05, 3.63) is 24.3 Å². The first-order chi connectivity index (χ1) is 13.7. The second-order valence-corrected chi connectivity index (χ2v) is 7.46. The normalized spacial score (nSPS) is 14.8. The van der Waals surface area contributed by atoms with Gasteiger partial charge in [0, 0.05) is 25.6 Å². The number of hydrogen-bond acceptors (Lipinski definition) is 3. The van der Waals surface area contributed by atoms with Gasteiger partial charge in [-0.15, -0.1) is 0 Å². The van der Waals surface area contributed by atoms with Gasteiger partial charge >= 0.3 is 6.03 Å². The van der Waals surface area contributed by atoms with Crippen LogP contribution in [0, 0.1) is 0 Å². The smallest absolute Gasteiger partial charge is 0.315 e. The summed E-state index contributed by atoms with van der Waals surface area (Å²) in [4.78, 5) is 28.8. The zero-order chi connectivity index (χ0) is 19.8. The standard InChI is InChI=1S/C21H31N5O2/c1-2-15-26-18-12-7-6-11-17(18)24-20(26)25-19(27)13-8-14-22-21(28)23-16-9-4-3-5-10-16/h6-7,11-12,16H,2-5,8-10,13-15H2,1H3,(H2,22,23,28)(H,24,25,27). The van der Waals surface area contributed by atoms with Crippen molar-refractivity contribution in [2.24, 2.45) is 0 Å². The van der Waals surface area contributed by atoms with Crippen molar-refractivity contribution in [1.82, 2.24) is 20.2 Å². The SMILES string of the molecule is CCCn1c(NC(=O)CCCNC(=O)NC2CCCCC2)nc2ccccc21. The maximum atomic E-state index is 12.3. The first-order valence-electron chi connectivity index (χ1n) is 10.5. The molecule has 152 valence electrons. The van der Waals surface area contributed by atoms with E-state index in [1.165, 1.54) is 19.3 Å². The third-order valence-electron chi connectivity index (χ3n) is 5.16. The number of aromatic nitrogens is 2. The average molecular weight is 386 g/mol. The van der Waals surface area contributed by atoms with Crippen LogP contribution in [0.25, 0.3) is 11.0 Å². The van der Waals surface area contributed by atoms with Gasteiger partial charge in [-0.25, -0.2) is 9.78 Å². The molecular formula is C21H31N5O2. The van der Waals surface area contributed by atoms with E-state index in [0.29, 0.717) is 31.4 Å². The van der Waals surface area contributed by atoms with Gasteiger partial charge in [0.2, 0.25) is 11.9 Å². The molecule has 2 aromatic rings. The predicted molar refractivity (Wildman–Crippen MR) is 111 cm³/mol. The molecule has 7 nitrogen and oxygen atoms in total. The molecule has 0 atom stereocenters. The van der Waals surface area contributed by atoms with Crippen molar-refractivity contribution in [2.75, 3.05) is 11.9 Å². The Hall–Kier alpha value is -2.57. The van der Waals surface area contributed by atoms with Crippen LogP contribution in [-0.2, 0) is 11.3 Å². The Morgan fingerprint density at radius 3 is 2.75 bits per heavy atom. The summed E-state index contributed by atoms with van der Waals surface area (Å²) in [5, 5.41) is 8.79. The van der Waals surface area contributed by atoms with E-state index in [9.17, 15) is 9.59 Å². The number of fused-ring (bicyclic) bond motifs is 1. The van der Waals surface area contributed by atoms with Crippen LogP contribution in [0.3, 0.4) is 0 Å². The number of para-hydroxylation sites is 2. The van der Waals surface area contributed by atoms with Crippen LogP contribution < -0.4 is 16.0 Å². The first-order valence-corrected chi connectivity index (χ1v) is 10.5. The highest BCUT2D eigenvalue weighted by molar-refractivity contribution is 5.91. The fourth-order valence-electron chi connectivity index (χ4n) is 3.74. The van der Waals surface area contributed by atoms with E-state index in [1.54, 1.807) is 0 Å². The van der Waals surface area contributed by atoms with Gasteiger partial charge in [0.05, 0.1) is 11.0 Å². The van der Waals surface area contributed by atoms with Crippen LogP contribution in [0.5, 0.6) is 0 Å². The summed E-state index contributed by atoms with van der Waals surface area (Å²) >= 11 is 0. The van der Waals surface area contributed by atoms with Gasteiger partial charge in [0.1, 0.15) is 0 Å². The van der Waals surface area contributed by atoms with Crippen LogP contribution in [0.15, 0.2) is 24.3 Å². The Kier molecular flexibility index (Phi) is 7.28. The molecule has 0 bridgehead atoms. The maximum absolute atomic E-state index is 12.3. The van der Waals surface area contributed by atoms with E-state index in [1.807, 2.05) is 28.8 Å². The molecular weight excluding hydrogens is 354 g/mol. The van der Waals surface area contributed by atoms with Crippen molar-refractivity contribution in [2.45, 2.75) is 70.9 Å². The lowest BCUT2D eigenvalue weighted by Gasteiger charge is -2.22. The zero-order valence-electron chi connectivity index (χ0n) is 16.7. The number of amides is 3. The number of nitrogens with zero attached hydrogens (tertiary/aromatic N) is 2. The largest absolute Gasteiger partial charge is 0.338 e. The molecule has 1 saturated carbocycles. The van der Waals surface area contributed by atoms with Crippen molar-refractivity contribution < 1.29 is 9.59 Å². The summed E-state index contributed by atoms with van der Waals surface area (Å²) in [6, 6.07) is 8.06. The number of urea groups is 1. The van der Waals surface area contributed by atoms with E-state index >= 15 is 0 Å². The number of nitrogens with one attached hydrogen (secondary N) is 3. The number of aryl methyl sites for hydroxylation is 1. The molecule has 1 fully saturated rings. The van der Waals surface area contributed by atoms with Gasteiger partial charge in [-0.3, -0.25) is 10.1 Å². The second kappa shape index (κ2) is 10.1. The monoisotopic (exact) mass is 385 g/mol. The van der Waals surface area contributed by atoms with Crippen LogP contribution in [0.2, 0.25) is 0 Å². The summed E-state index contributed by atoms with van der Waals surface area (Å²) in [5.41, 5.74) is 1.91. The third kappa shape index (κ3) is 5.47. The van der Waals surface area contributed by atoms with Gasteiger partial charge in [-0.1, -0.05) is 38.3 Å². The molecule has 1 heterocycles. The molecule has 0 saturated heterocycles. The predicted octanol–water partition coefficient (Wildman–Crippen LogP) is 3.80. The number of benzene rings is 1. The van der Waals surface area contributed by atoms with E-state index < -0.39 is 0 Å². The minimum Gasteiger partial charge on any atom is -0.338 e. The van der Waals surface area contributed by atoms with Crippen molar-refractivity contribution >= 4 is 28.9 Å². The maximum Gasteiger partial charge on any atom is 0.315 e. The number of anilines is 1. The zero-order valence-corrected chi connectivity index (χ0v) is 16.7. The van der Waals surface area contributed by atoms with Crippen LogP contribution >= 0.6 is 0 Å². The number of carbonyl (C=O) groups is 2. The van der Waals surface area contributed by atoms with Gasteiger partial charge < -0.3 is 15.2 Å². The molecule has 0 spiro atoms. The molecule has 3 N–H and O–H groups in total. The topological polar surface area (TPSA) is 88.0 Å². The molecule has 1 aliphatic rings. The molecule has 0 unspecified atom stereocenters. The number of rotatable bonds is 8. The third-order valence-corrected chi connectivity index (χ3v) is 5.16. The van der Waals surface area contributed by atoms with Crippen LogP contribution in [0.4, 0.5) is 10.7 Å². The summed E-state index contributed by atoms with van der Waals surface area (Å²) in [6.45, 7) is 3.39. The molecule has 0 radical (unpaired) electrons. The Bertz CT molecular complexity index is 795. The average Bonchev–Trinajstić information content (AvgIpc) is 3.03. The summed E-state index contributed by atoms with van der Waals surface area (Å²) in [7, 11) is 0. The molecule has 1 aromatic carbocycles. The number of imidazole rings is 1. The van der Waals surface area contributed by atoms with Crippen LogP contribution in [-0.4, -0.2) is 34.1 Å². The van der Waals surface area contributed by atoms with Crippen molar-refractivity contribution in [3.8, 4) is 0 Å². The van der Waals surface area contributed by atoms with Crippen LogP contribution in [0.1, 0.15) is 58.3 Å². The summed E-state index contributed by atoms with van der Waals surface area (Å²) in [5.74, 6) is 0.512. The lowest BCUT2D eigenvalue weighted by molar-refractivity contribution is -0.116. The fraction of sp³-hybridized carbons (Fsp3) is 0.571. The highest BCUT2D eigenvalue weighted by Crippen LogP contribution is 2.20. The molecule has 3 amide bonds. The first kappa shape index (κ1) is 20.2. The lowest BCUT2D eigenvalue weighted by atomic mass is 9.96. The molecule has 3 rings (SSSR count). The number of hydrogen-bond donors (Lipinski definition) is 3. The van der Waals surface area contributed by atoms with Gasteiger partial charge in [-0.2, -0.15) is 0 Å². The Morgan fingerprint density at radius 2 is 1.96 bits per heavy atom. The fourth-order valence-corrected chi connectivity index (χ4v) is 3.74. The highest BCUT2D eigenvalue weighted by Gasteiger charge is 2.15. The van der Waals surface area contributed by atoms with Gasteiger partial charge in [0.15, 0.2) is 0 Å². The second-order valence-electron chi connectivity index (χ2n) is 7.46. The minimum atomic E-state index is -0.128. The van der Waals surface area contributed by atoms with E-state index in [4.69, 9.17) is 0 Å². The quantitative estimate of drug-likeness (QED) is 0.604. The van der Waals surface area contributed by atoms with Gasteiger partial charge in [-0.05, 0) is 37.8 Å². The highest BCUT2D eigenvalue weighted by atomic mass is 16.2. The molecule has 1 aromatic heterocycles. The minimum absolute atomic E-state index is 0.0813. The summed E-state index contributed by atoms with van der Waals surface area (Å²) in [6.07, 6.45) is 7.67. The van der Waals surface area contributed by atoms with E-state index in [0.717, 1.165) is 36.8 Å². The summed E-state index contributed by atoms with van der Waals surface area (Å²) < 4.78 is 2.04. The Morgan fingerprint density at radius 1 is 1.18 bits per heavy atom. The van der Waals surface area contributed by atoms with Gasteiger partial charge in [0.25, 0.3) is 0 Å². The molecule has 7 heteroatoms. The van der Waals surface area contributed by atoms with Crippen molar-refractivity contribution in [1.29, 1.82) is 0 Å². The Labute approximate surface area is 166 Å². The lowest BCUT2D eigenvalue weighted by Crippen LogP contribution is -2.43. The molecule has 28 heavy (non-hydrogen) atoms. The number of carbonyl (C=O) groups excluding carboxylic acids is 2. The Balaban J connectivity index is 1.42. The van der Waals surface area contributed by atoms with E-state index in [-0.39, 0.29) is 11.9 Å². The molecule has 1 aliphatic carbocycles. The van der Waals surface area contributed by atoms with E-state index in [2.05, 4.69) is 27.9 Å². The van der Waals surface area contributed by atoms with Crippen molar-refractivity contribution in [3.63, 3.8) is 0 Å². The molecule has 0 aliphatic heterocycles.